The minimum atomic E-state index is -0.457. The SMILES string of the molecule is Cc1cc2c(F)c(Oc3nc(Nc4cc(C(C)C)no4)cc(N4CCN(C)CC4)n3)ccc2[nH]1. The number of hydrogen-bond acceptors (Lipinski definition) is 8. The van der Waals surface area contributed by atoms with E-state index in [1.165, 1.54) is 0 Å². The summed E-state index contributed by atoms with van der Waals surface area (Å²) in [7, 11) is 2.09. The zero-order valence-corrected chi connectivity index (χ0v) is 19.7. The summed E-state index contributed by atoms with van der Waals surface area (Å²) in [6.07, 6.45) is 0. The van der Waals surface area contributed by atoms with Crippen LogP contribution >= 0.6 is 0 Å². The van der Waals surface area contributed by atoms with Gasteiger partial charge in [0.25, 0.3) is 0 Å². The second-order valence-corrected chi connectivity index (χ2v) is 8.97. The minimum Gasteiger partial charge on any atom is -0.421 e. The maximum atomic E-state index is 15.1. The van der Waals surface area contributed by atoms with Gasteiger partial charge in [0.05, 0.1) is 5.69 Å². The second kappa shape index (κ2) is 8.94. The lowest BCUT2D eigenvalue weighted by Crippen LogP contribution is -2.44. The summed E-state index contributed by atoms with van der Waals surface area (Å²) in [5.41, 5.74) is 2.42. The number of H-pyrrole nitrogens is 1. The lowest BCUT2D eigenvalue weighted by molar-refractivity contribution is 0.311. The van der Waals surface area contributed by atoms with Crippen LogP contribution in [-0.2, 0) is 0 Å². The molecule has 4 heterocycles. The highest BCUT2D eigenvalue weighted by molar-refractivity contribution is 5.82. The first-order valence-electron chi connectivity index (χ1n) is 11.4. The first-order chi connectivity index (χ1) is 16.4. The first-order valence-corrected chi connectivity index (χ1v) is 11.4. The van der Waals surface area contributed by atoms with E-state index in [2.05, 4.69) is 42.3 Å². The van der Waals surface area contributed by atoms with Crippen LogP contribution in [0.25, 0.3) is 10.9 Å². The van der Waals surface area contributed by atoms with Crippen LogP contribution in [0.5, 0.6) is 11.8 Å². The number of halogens is 1. The number of rotatable bonds is 6. The molecule has 5 rings (SSSR count). The van der Waals surface area contributed by atoms with Gasteiger partial charge in [-0.3, -0.25) is 0 Å². The Morgan fingerprint density at radius 1 is 1.12 bits per heavy atom. The molecule has 0 spiro atoms. The smallest absolute Gasteiger partial charge is 0.326 e. The van der Waals surface area contributed by atoms with Gasteiger partial charge in [-0.25, -0.2) is 4.39 Å². The van der Waals surface area contributed by atoms with Crippen molar-refractivity contribution >= 4 is 28.4 Å². The Morgan fingerprint density at radius 2 is 1.91 bits per heavy atom. The summed E-state index contributed by atoms with van der Waals surface area (Å²) in [5, 5.41) is 7.69. The molecule has 1 aromatic carbocycles. The predicted molar refractivity (Wildman–Crippen MR) is 129 cm³/mol. The largest absolute Gasteiger partial charge is 0.421 e. The molecule has 1 aliphatic heterocycles. The van der Waals surface area contributed by atoms with E-state index in [0.29, 0.717) is 28.4 Å². The molecule has 1 saturated heterocycles. The van der Waals surface area contributed by atoms with E-state index < -0.39 is 5.82 Å². The summed E-state index contributed by atoms with van der Waals surface area (Å²) in [4.78, 5) is 16.6. The van der Waals surface area contributed by atoms with Crippen LogP contribution in [0.15, 0.2) is 34.9 Å². The Morgan fingerprint density at radius 3 is 2.65 bits per heavy atom. The van der Waals surface area contributed by atoms with Crippen LogP contribution in [0.4, 0.5) is 21.9 Å². The average Bonchev–Trinajstić information content (AvgIpc) is 3.43. The zero-order chi connectivity index (χ0) is 23.8. The van der Waals surface area contributed by atoms with Crippen molar-refractivity contribution in [1.29, 1.82) is 0 Å². The molecule has 0 radical (unpaired) electrons. The van der Waals surface area contributed by atoms with Gasteiger partial charge in [-0.15, -0.1) is 0 Å². The van der Waals surface area contributed by atoms with E-state index in [1.807, 2.05) is 32.9 Å². The molecule has 178 valence electrons. The molecule has 0 saturated carbocycles. The number of anilines is 3. The molecule has 9 nitrogen and oxygen atoms in total. The summed E-state index contributed by atoms with van der Waals surface area (Å²) in [6.45, 7) is 9.43. The molecule has 1 fully saturated rings. The summed E-state index contributed by atoms with van der Waals surface area (Å²) in [5.74, 6) is 1.48. The summed E-state index contributed by atoms with van der Waals surface area (Å²) in [6, 6.07) is 8.84. The fraction of sp³-hybridized carbons (Fsp3) is 0.375. The average molecular weight is 466 g/mol. The number of aryl methyl sites for hydroxylation is 1. The third-order valence-corrected chi connectivity index (χ3v) is 5.93. The van der Waals surface area contributed by atoms with Crippen molar-refractivity contribution in [2.24, 2.45) is 0 Å². The van der Waals surface area contributed by atoms with Crippen molar-refractivity contribution in [3.8, 4) is 11.8 Å². The Bertz CT molecular complexity index is 1310. The third kappa shape index (κ3) is 4.54. The lowest BCUT2D eigenvalue weighted by Gasteiger charge is -2.33. The normalized spacial score (nSPS) is 14.8. The molecular weight excluding hydrogens is 437 g/mol. The van der Waals surface area contributed by atoms with Crippen LogP contribution in [0, 0.1) is 12.7 Å². The highest BCUT2D eigenvalue weighted by atomic mass is 19.1. The number of benzene rings is 1. The van der Waals surface area contributed by atoms with E-state index in [9.17, 15) is 0 Å². The van der Waals surface area contributed by atoms with E-state index in [4.69, 9.17) is 9.26 Å². The number of aromatic amines is 1. The van der Waals surface area contributed by atoms with Crippen molar-refractivity contribution in [1.82, 2.24) is 25.0 Å². The van der Waals surface area contributed by atoms with Gasteiger partial charge in [-0.05, 0) is 38.1 Å². The monoisotopic (exact) mass is 465 g/mol. The number of hydrogen-bond donors (Lipinski definition) is 2. The van der Waals surface area contributed by atoms with Gasteiger partial charge in [0, 0.05) is 54.9 Å². The van der Waals surface area contributed by atoms with Crippen LogP contribution in [0.3, 0.4) is 0 Å². The summed E-state index contributed by atoms with van der Waals surface area (Å²) < 4.78 is 26.4. The fourth-order valence-corrected chi connectivity index (χ4v) is 3.93. The van der Waals surface area contributed by atoms with Crippen molar-refractivity contribution in [3.63, 3.8) is 0 Å². The Labute approximate surface area is 196 Å². The quantitative estimate of drug-likeness (QED) is 0.419. The van der Waals surface area contributed by atoms with Gasteiger partial charge < -0.3 is 29.4 Å². The molecule has 4 aromatic rings. The van der Waals surface area contributed by atoms with Gasteiger partial charge in [-0.1, -0.05) is 19.0 Å². The van der Waals surface area contributed by atoms with Crippen molar-refractivity contribution in [3.05, 3.63) is 47.5 Å². The standard InChI is InChI=1S/C24H28FN7O2/c1-14(2)18-12-22(34-30-18)27-20-13-21(32-9-7-31(4)8-10-32)29-24(28-20)33-19-6-5-17-16(23(19)25)11-15(3)26-17/h5-6,11-14,26H,7-10H2,1-4H3,(H,27,28,29). The molecule has 0 bridgehead atoms. The van der Waals surface area contributed by atoms with Crippen molar-refractivity contribution in [2.45, 2.75) is 26.7 Å². The zero-order valence-electron chi connectivity index (χ0n) is 19.7. The Hall–Kier alpha value is -3.66. The molecule has 0 aliphatic carbocycles. The molecule has 0 atom stereocenters. The number of fused-ring (bicyclic) bond motifs is 1. The second-order valence-electron chi connectivity index (χ2n) is 8.97. The van der Waals surface area contributed by atoms with E-state index >= 15 is 4.39 Å². The maximum Gasteiger partial charge on any atom is 0.326 e. The van der Waals surface area contributed by atoms with Crippen molar-refractivity contribution < 1.29 is 13.7 Å². The van der Waals surface area contributed by atoms with Crippen molar-refractivity contribution in [2.75, 3.05) is 43.4 Å². The van der Waals surface area contributed by atoms with Crippen LogP contribution < -0.4 is 15.0 Å². The topological polar surface area (TPSA) is 95.3 Å². The number of likely N-dealkylation sites (N-methyl/N-ethyl adjacent to an activating group) is 1. The molecule has 1 aliphatic rings. The first kappa shape index (κ1) is 22.1. The number of aromatic nitrogens is 4. The molecular formula is C24H28FN7O2. The van der Waals surface area contributed by atoms with Gasteiger partial charge in [-0.2, -0.15) is 9.97 Å². The van der Waals surface area contributed by atoms with Crippen LogP contribution in [0.1, 0.15) is 31.2 Å². The van der Waals surface area contributed by atoms with E-state index in [1.54, 1.807) is 18.2 Å². The molecule has 2 N–H and O–H groups in total. The number of nitrogens with one attached hydrogen (secondary N) is 2. The predicted octanol–water partition coefficient (Wildman–Crippen LogP) is 4.80. The highest BCUT2D eigenvalue weighted by Crippen LogP contribution is 2.31. The molecule has 34 heavy (non-hydrogen) atoms. The Balaban J connectivity index is 1.48. The Kier molecular flexibility index (Phi) is 5.82. The van der Waals surface area contributed by atoms with Gasteiger partial charge in [0.2, 0.25) is 5.88 Å². The number of piperazine rings is 1. The van der Waals surface area contributed by atoms with E-state index in [-0.39, 0.29) is 17.7 Å². The molecule has 0 amide bonds. The van der Waals surface area contributed by atoms with E-state index in [0.717, 1.165) is 37.6 Å². The summed E-state index contributed by atoms with van der Waals surface area (Å²) >= 11 is 0. The van der Waals surface area contributed by atoms with Gasteiger partial charge in [0.1, 0.15) is 11.6 Å². The minimum absolute atomic E-state index is 0.0491. The maximum absolute atomic E-state index is 15.1. The van der Waals surface area contributed by atoms with Crippen LogP contribution in [-0.4, -0.2) is 58.2 Å². The number of nitrogens with zero attached hydrogens (tertiary/aromatic N) is 5. The molecule has 10 heteroatoms. The third-order valence-electron chi connectivity index (χ3n) is 5.93. The lowest BCUT2D eigenvalue weighted by atomic mass is 10.1. The van der Waals surface area contributed by atoms with Gasteiger partial charge in [0.15, 0.2) is 11.6 Å². The fourth-order valence-electron chi connectivity index (χ4n) is 3.93. The molecule has 3 aromatic heterocycles. The van der Waals surface area contributed by atoms with Gasteiger partial charge >= 0.3 is 6.01 Å². The molecule has 0 unspecified atom stereocenters. The van der Waals surface area contributed by atoms with Crippen LogP contribution in [0.2, 0.25) is 0 Å². The highest BCUT2D eigenvalue weighted by Gasteiger charge is 2.20. The number of ether oxygens (including phenoxy) is 1.